The molecular weight excluding hydrogens is 118 g/mol. The van der Waals surface area contributed by atoms with Crippen LogP contribution in [0.25, 0.3) is 0 Å². The number of hydrogen-bond acceptors (Lipinski definition) is 1. The van der Waals surface area contributed by atoms with Crippen molar-refractivity contribution >= 4 is 17.9 Å². The highest BCUT2D eigenvalue weighted by atomic mass is 28.4. The topological polar surface area (TPSA) is 12.0 Å². The van der Waals surface area contributed by atoms with Gasteiger partial charge in [-0.05, 0) is 0 Å². The van der Waals surface area contributed by atoms with Crippen LogP contribution in [0.4, 0.5) is 0 Å². The molecule has 0 atom stereocenters. The minimum Gasteiger partial charge on any atom is -0.362 e. The molecule has 1 nitrogen and oxygen atoms in total. The summed E-state index contributed by atoms with van der Waals surface area (Å²) in [6.07, 6.45) is 0. The zero-order valence-corrected chi connectivity index (χ0v) is 7.50. The molecule has 0 aliphatic heterocycles. The summed E-state index contributed by atoms with van der Waals surface area (Å²) in [5, 5.41) is 0. The van der Waals surface area contributed by atoms with Crippen molar-refractivity contribution in [3.63, 3.8) is 0 Å². The van der Waals surface area contributed by atoms with Gasteiger partial charge in [-0.15, -0.1) is 0 Å². The Kier molecular flexibility index (Phi) is 2.79. The van der Waals surface area contributed by atoms with Crippen LogP contribution in [0.5, 0.6) is 0 Å². The van der Waals surface area contributed by atoms with Crippen LogP contribution in [0.15, 0.2) is 0 Å². The summed E-state index contributed by atoms with van der Waals surface area (Å²) in [7, 11) is 0.0260. The maximum Gasteiger partial charge on any atom is 0.127 e. The van der Waals surface area contributed by atoms with E-state index in [4.69, 9.17) is 0 Å². The summed E-state index contributed by atoms with van der Waals surface area (Å²) >= 11 is 0. The molecule has 42 valence electrons. The Morgan fingerprint density at radius 2 is 1.71 bits per heavy atom. The lowest BCUT2D eigenvalue weighted by Crippen LogP contribution is -2.42. The zero-order valence-electron chi connectivity index (χ0n) is 5.50. The highest BCUT2D eigenvalue weighted by molar-refractivity contribution is 6.79. The van der Waals surface area contributed by atoms with Crippen LogP contribution in [0.2, 0.25) is 26.2 Å². The quantitative estimate of drug-likeness (QED) is 0.553. The van der Waals surface area contributed by atoms with Crippen LogP contribution in [-0.4, -0.2) is 17.9 Å². The fourth-order valence-corrected chi connectivity index (χ4v) is 3.38. The summed E-state index contributed by atoms with van der Waals surface area (Å²) in [5.41, 5.74) is 0. The normalized spacial score (nSPS) is 12.0. The van der Waals surface area contributed by atoms with Gasteiger partial charge in [-0.1, -0.05) is 26.2 Å². The number of hydrogen-bond donors (Lipinski definition) is 1. The van der Waals surface area contributed by atoms with Crippen LogP contribution < -0.4 is 4.65 Å². The largest absolute Gasteiger partial charge is 0.362 e. The first kappa shape index (κ1) is 7.39. The zero-order chi connectivity index (χ0) is 5.91. The first-order valence-corrected chi connectivity index (χ1v) is 7.50. The van der Waals surface area contributed by atoms with Gasteiger partial charge in [-0.2, -0.15) is 0 Å². The van der Waals surface area contributed by atoms with Gasteiger partial charge >= 0.3 is 0 Å². The molecule has 2 radical (unpaired) electrons. The Morgan fingerprint density at radius 3 is 1.71 bits per heavy atom. The molecule has 0 aromatic heterocycles. The van der Waals surface area contributed by atoms with E-state index in [-0.39, 0.29) is 0 Å². The molecule has 0 rings (SSSR count). The van der Waals surface area contributed by atoms with Crippen LogP contribution in [0.3, 0.4) is 0 Å². The Bertz CT molecular complexity index is 48.1. The molecule has 3 heteroatoms. The van der Waals surface area contributed by atoms with Crippen molar-refractivity contribution in [2.45, 2.75) is 26.2 Å². The maximum absolute atomic E-state index is 3.45. The lowest BCUT2D eigenvalue weighted by molar-refractivity contribution is 1.40. The summed E-state index contributed by atoms with van der Waals surface area (Å²) < 4.78 is 3.45. The van der Waals surface area contributed by atoms with Gasteiger partial charge in [0.05, 0.1) is 0 Å². The molecule has 0 unspecified atom stereocenters. The maximum atomic E-state index is 3.45. The van der Waals surface area contributed by atoms with Gasteiger partial charge in [0.1, 0.15) is 17.9 Å². The highest BCUT2D eigenvalue weighted by Crippen LogP contribution is 1.90. The summed E-state index contributed by atoms with van der Waals surface area (Å²) in [5.74, 6) is 0. The third-order valence-corrected chi connectivity index (χ3v) is 4.50. The number of nitrogens with one attached hydrogen (secondary N) is 1. The van der Waals surface area contributed by atoms with Crippen LogP contribution in [0.1, 0.15) is 0 Å². The van der Waals surface area contributed by atoms with Crippen molar-refractivity contribution < 1.29 is 0 Å². The van der Waals surface area contributed by atoms with Crippen molar-refractivity contribution in [1.82, 2.24) is 4.65 Å². The summed E-state index contributed by atoms with van der Waals surface area (Å²) in [4.78, 5) is 0. The molecule has 0 fully saturated rings. The molecule has 0 amide bonds. The monoisotopic (exact) mass is 131 g/mol. The molecule has 0 aliphatic rings. The van der Waals surface area contributed by atoms with E-state index in [1.165, 1.54) is 0 Å². The van der Waals surface area contributed by atoms with Crippen molar-refractivity contribution in [3.05, 3.63) is 0 Å². The first-order valence-electron chi connectivity index (χ1n) is 2.50. The lowest BCUT2D eigenvalue weighted by atomic mass is 11.8. The third-order valence-electron chi connectivity index (χ3n) is 0.500. The second-order valence-corrected chi connectivity index (χ2v) is 8.62. The third kappa shape index (κ3) is 6.39. The van der Waals surface area contributed by atoms with E-state index < -0.39 is 8.24 Å². The molecule has 0 saturated heterocycles. The van der Waals surface area contributed by atoms with Gasteiger partial charge in [0.25, 0.3) is 0 Å². The smallest absolute Gasteiger partial charge is 0.127 e. The standard InChI is InChI=1S/C4H13NSi2/c1-6-5-7(2,3)4/h5H,1-4H3. The Morgan fingerprint density at radius 1 is 1.29 bits per heavy atom. The molecule has 0 aromatic carbocycles. The predicted molar refractivity (Wildman–Crippen MR) is 38.1 cm³/mol. The van der Waals surface area contributed by atoms with E-state index in [1.54, 1.807) is 0 Å². The van der Waals surface area contributed by atoms with Gasteiger partial charge in [0.2, 0.25) is 0 Å². The predicted octanol–water partition coefficient (Wildman–Crippen LogP) is 1.08. The van der Waals surface area contributed by atoms with Crippen LogP contribution in [0, 0.1) is 0 Å². The Balaban J connectivity index is 3.15. The molecule has 0 saturated carbocycles. The minimum absolute atomic E-state index is 0.895. The van der Waals surface area contributed by atoms with Crippen molar-refractivity contribution in [1.29, 1.82) is 0 Å². The van der Waals surface area contributed by atoms with Crippen LogP contribution in [-0.2, 0) is 0 Å². The van der Waals surface area contributed by atoms with Gasteiger partial charge in [-0.25, -0.2) is 0 Å². The van der Waals surface area contributed by atoms with E-state index in [2.05, 4.69) is 30.8 Å². The molecule has 7 heavy (non-hydrogen) atoms. The van der Waals surface area contributed by atoms with Crippen molar-refractivity contribution in [2.75, 3.05) is 0 Å². The summed E-state index contributed by atoms with van der Waals surface area (Å²) in [6, 6.07) is 0. The first-order chi connectivity index (χ1) is 3.06. The van der Waals surface area contributed by atoms with Gasteiger partial charge in [0, 0.05) is 0 Å². The second kappa shape index (κ2) is 2.64. The van der Waals surface area contributed by atoms with E-state index >= 15 is 0 Å². The molecule has 0 heterocycles. The van der Waals surface area contributed by atoms with Gasteiger partial charge in [0.15, 0.2) is 0 Å². The molecule has 0 aliphatic carbocycles. The molecule has 0 aromatic rings. The van der Waals surface area contributed by atoms with Crippen molar-refractivity contribution in [2.24, 2.45) is 0 Å². The lowest BCUT2D eigenvalue weighted by Gasteiger charge is -2.14. The SMILES string of the molecule is C[Si]N[Si](C)(C)C. The fourth-order valence-electron chi connectivity index (χ4n) is 0.375. The summed E-state index contributed by atoms with van der Waals surface area (Å²) in [6.45, 7) is 9.11. The molecule has 0 bridgehead atoms. The van der Waals surface area contributed by atoms with Gasteiger partial charge in [-0.3, -0.25) is 0 Å². The fraction of sp³-hybridized carbons (Fsp3) is 1.00. The number of rotatable bonds is 2. The Hall–Kier alpha value is 0.394. The van der Waals surface area contributed by atoms with E-state index in [1.807, 2.05) is 0 Å². The second-order valence-electron chi connectivity index (χ2n) is 2.62. The average Bonchev–Trinajstić information content (AvgIpc) is 1.30. The van der Waals surface area contributed by atoms with Crippen molar-refractivity contribution in [3.8, 4) is 0 Å². The molecular formula is C4H13NSi2. The van der Waals surface area contributed by atoms with E-state index in [0.29, 0.717) is 0 Å². The molecule has 1 N–H and O–H groups in total. The Labute approximate surface area is 49.5 Å². The average molecular weight is 131 g/mol. The highest BCUT2D eigenvalue weighted by Gasteiger charge is 2.08. The van der Waals surface area contributed by atoms with Crippen LogP contribution >= 0.6 is 0 Å². The van der Waals surface area contributed by atoms with E-state index in [9.17, 15) is 0 Å². The minimum atomic E-state index is -0.895. The van der Waals surface area contributed by atoms with Gasteiger partial charge < -0.3 is 4.65 Å². The molecule has 0 spiro atoms. The van der Waals surface area contributed by atoms with E-state index in [0.717, 1.165) is 9.68 Å².